The van der Waals surface area contributed by atoms with E-state index in [1.165, 1.54) is 54.4 Å². The Hall–Kier alpha value is -4.36. The smallest absolute Gasteiger partial charge is 0.287 e. The van der Waals surface area contributed by atoms with E-state index in [-0.39, 0.29) is 42.7 Å². The Morgan fingerprint density at radius 1 is 1.05 bits per heavy atom. The van der Waals surface area contributed by atoms with E-state index in [1.807, 2.05) is 0 Å². The molecule has 4 amide bonds. The molecule has 4 aliphatic carbocycles. The van der Waals surface area contributed by atoms with Crippen LogP contribution in [0.3, 0.4) is 0 Å². The topological polar surface area (TPSA) is 186 Å². The summed E-state index contributed by atoms with van der Waals surface area (Å²) in [5.74, 6) is -0.788. The molecule has 0 aromatic carbocycles. The molecule has 14 nitrogen and oxygen atoms in total. The number of aryl methyl sites for hydroxylation is 1. The van der Waals surface area contributed by atoms with Crippen molar-refractivity contribution in [2.24, 2.45) is 30.7 Å². The first-order valence-electron chi connectivity index (χ1n) is 14.3. The SMILES string of the molecule is CNC(=O)C(=O)CC[C@H](NC(=O)c1cnn(C)n1)C(=O)Nc1cccn(CC(=O)NC2C3CC4CC(C3)CC2C4)c1=O. The van der Waals surface area contributed by atoms with E-state index in [4.69, 9.17) is 0 Å². The van der Waals surface area contributed by atoms with Gasteiger partial charge in [0, 0.05) is 32.8 Å². The number of ketones is 1. The van der Waals surface area contributed by atoms with E-state index >= 15 is 0 Å². The molecule has 4 fully saturated rings. The molecule has 0 aliphatic heterocycles. The van der Waals surface area contributed by atoms with Crippen molar-refractivity contribution in [2.45, 2.75) is 63.6 Å². The Morgan fingerprint density at radius 2 is 1.74 bits per heavy atom. The van der Waals surface area contributed by atoms with Crippen molar-refractivity contribution in [3.8, 4) is 0 Å². The standard InChI is InChI=1S/C28H36N8O6/c1-29-27(41)22(37)6-5-19(31-26(40)21-13-30-35(2)34-21)25(39)32-20-4-3-7-36(28(20)42)14-23(38)33-24-17-9-15-8-16(11-17)12-18(24)10-15/h3-4,7,13,15-19,24H,5-6,8-12,14H2,1-2H3,(H,29,41)(H,31,40)(H,32,39)(H,33,38)/t15?,16?,17?,18?,19-,24?/m0/s1. The number of amides is 4. The number of nitrogens with zero attached hydrogens (tertiary/aromatic N) is 4. The van der Waals surface area contributed by atoms with Crippen LogP contribution in [0.25, 0.3) is 0 Å². The molecule has 4 saturated carbocycles. The second-order valence-corrected chi connectivity index (χ2v) is 11.7. The Kier molecular flexibility index (Phi) is 8.50. The molecule has 224 valence electrons. The lowest BCUT2D eigenvalue weighted by molar-refractivity contribution is -0.137. The number of carbonyl (C=O) groups is 5. The van der Waals surface area contributed by atoms with Gasteiger partial charge in [0.15, 0.2) is 5.69 Å². The van der Waals surface area contributed by atoms with Crippen LogP contribution >= 0.6 is 0 Å². The summed E-state index contributed by atoms with van der Waals surface area (Å²) in [7, 11) is 2.83. The molecular formula is C28H36N8O6. The van der Waals surface area contributed by atoms with Crippen molar-refractivity contribution >= 4 is 35.1 Å². The normalized spacial score (nSPS) is 24.5. The number of Topliss-reactive ketones (excluding diaryl/α,β-unsaturated/α-hetero) is 1. The summed E-state index contributed by atoms with van der Waals surface area (Å²) < 4.78 is 1.23. The predicted octanol–water partition coefficient (Wildman–Crippen LogP) is -0.250. The van der Waals surface area contributed by atoms with Gasteiger partial charge in [0.05, 0.1) is 6.20 Å². The second-order valence-electron chi connectivity index (χ2n) is 11.7. The van der Waals surface area contributed by atoms with Crippen LogP contribution in [0.15, 0.2) is 29.3 Å². The van der Waals surface area contributed by atoms with E-state index in [0.717, 1.165) is 37.5 Å². The van der Waals surface area contributed by atoms with Crippen LogP contribution in [-0.4, -0.2) is 68.1 Å². The number of anilines is 1. The molecule has 4 N–H and O–H groups in total. The van der Waals surface area contributed by atoms with Gasteiger partial charge in [-0.25, -0.2) is 0 Å². The van der Waals surface area contributed by atoms with Crippen molar-refractivity contribution in [1.29, 1.82) is 0 Å². The summed E-state index contributed by atoms with van der Waals surface area (Å²) in [5.41, 5.74) is -0.743. The molecule has 4 bridgehead atoms. The van der Waals surface area contributed by atoms with Gasteiger partial charge < -0.3 is 25.8 Å². The number of likely N-dealkylation sites (N-methyl/N-ethyl adjacent to an activating group) is 1. The van der Waals surface area contributed by atoms with E-state index in [2.05, 4.69) is 31.5 Å². The van der Waals surface area contributed by atoms with Crippen LogP contribution in [0.4, 0.5) is 5.69 Å². The highest BCUT2D eigenvalue weighted by Gasteiger charge is 2.48. The average molecular weight is 581 g/mol. The molecule has 42 heavy (non-hydrogen) atoms. The lowest BCUT2D eigenvalue weighted by Gasteiger charge is -2.54. The van der Waals surface area contributed by atoms with Crippen molar-refractivity contribution in [3.05, 3.63) is 40.6 Å². The highest BCUT2D eigenvalue weighted by atomic mass is 16.2. The minimum absolute atomic E-state index is 0.0554. The lowest BCUT2D eigenvalue weighted by Crippen LogP contribution is -2.56. The van der Waals surface area contributed by atoms with Gasteiger partial charge in [-0.3, -0.25) is 28.8 Å². The van der Waals surface area contributed by atoms with Crippen LogP contribution < -0.4 is 26.8 Å². The van der Waals surface area contributed by atoms with Gasteiger partial charge >= 0.3 is 0 Å². The highest BCUT2D eigenvalue weighted by Crippen LogP contribution is 2.53. The Bertz CT molecular complexity index is 1420. The third kappa shape index (κ3) is 6.42. The van der Waals surface area contributed by atoms with E-state index in [9.17, 15) is 28.8 Å². The first kappa shape index (κ1) is 29.1. The zero-order valence-corrected chi connectivity index (χ0v) is 23.7. The average Bonchev–Trinajstić information content (AvgIpc) is 3.40. The second kappa shape index (κ2) is 12.2. The number of carbonyl (C=O) groups excluding carboxylic acids is 5. The highest BCUT2D eigenvalue weighted by molar-refractivity contribution is 6.36. The van der Waals surface area contributed by atoms with Gasteiger partial charge in [-0.2, -0.15) is 9.90 Å². The quantitative estimate of drug-likeness (QED) is 0.262. The number of rotatable bonds is 11. The largest absolute Gasteiger partial charge is 0.353 e. The van der Waals surface area contributed by atoms with Crippen LogP contribution in [0.1, 0.15) is 55.4 Å². The number of hydrogen-bond acceptors (Lipinski definition) is 8. The van der Waals surface area contributed by atoms with Gasteiger partial charge in [0.1, 0.15) is 18.3 Å². The summed E-state index contributed by atoms with van der Waals surface area (Å²) in [6, 6.07) is 1.79. The molecule has 0 saturated heterocycles. The van der Waals surface area contributed by atoms with E-state index in [0.29, 0.717) is 11.8 Å². The maximum absolute atomic E-state index is 13.2. The van der Waals surface area contributed by atoms with Crippen LogP contribution in [0, 0.1) is 23.7 Å². The molecule has 2 aromatic rings. The monoisotopic (exact) mass is 580 g/mol. The van der Waals surface area contributed by atoms with Crippen LogP contribution in [0.5, 0.6) is 0 Å². The summed E-state index contributed by atoms with van der Waals surface area (Å²) in [6.45, 7) is -0.196. The number of hydrogen-bond donors (Lipinski definition) is 4. The third-order valence-electron chi connectivity index (χ3n) is 8.74. The molecule has 2 aromatic heterocycles. The summed E-state index contributed by atoms with van der Waals surface area (Å²) >= 11 is 0. The summed E-state index contributed by atoms with van der Waals surface area (Å²) in [5, 5.41) is 18.1. The fraction of sp³-hybridized carbons (Fsp3) is 0.571. The molecule has 0 radical (unpaired) electrons. The molecule has 14 heteroatoms. The molecule has 0 unspecified atom stereocenters. The minimum atomic E-state index is -1.28. The maximum atomic E-state index is 13.2. The van der Waals surface area contributed by atoms with Crippen LogP contribution in [-0.2, 0) is 32.8 Å². The Labute approximate surface area is 242 Å². The van der Waals surface area contributed by atoms with Crippen LogP contribution in [0.2, 0.25) is 0 Å². The zero-order valence-electron chi connectivity index (χ0n) is 23.7. The minimum Gasteiger partial charge on any atom is -0.353 e. The van der Waals surface area contributed by atoms with Gasteiger partial charge in [-0.15, -0.1) is 5.10 Å². The maximum Gasteiger partial charge on any atom is 0.287 e. The van der Waals surface area contributed by atoms with Crippen molar-refractivity contribution in [3.63, 3.8) is 0 Å². The fourth-order valence-electron chi connectivity index (χ4n) is 7.00. The van der Waals surface area contributed by atoms with Crippen molar-refractivity contribution < 1.29 is 24.0 Å². The van der Waals surface area contributed by atoms with Gasteiger partial charge in [-0.1, -0.05) is 0 Å². The first-order chi connectivity index (χ1) is 20.1. The summed E-state index contributed by atoms with van der Waals surface area (Å²) in [4.78, 5) is 77.0. The first-order valence-corrected chi connectivity index (χ1v) is 14.3. The lowest BCUT2D eigenvalue weighted by atomic mass is 9.54. The van der Waals surface area contributed by atoms with Crippen molar-refractivity contribution in [1.82, 2.24) is 35.5 Å². The third-order valence-corrected chi connectivity index (χ3v) is 8.74. The number of aromatic nitrogens is 4. The molecular weight excluding hydrogens is 544 g/mol. The molecule has 4 aliphatic rings. The van der Waals surface area contributed by atoms with Gasteiger partial charge in [0.2, 0.25) is 17.6 Å². The van der Waals surface area contributed by atoms with Crippen molar-refractivity contribution in [2.75, 3.05) is 12.4 Å². The Morgan fingerprint density at radius 3 is 2.36 bits per heavy atom. The molecule has 0 spiro atoms. The molecule has 1 atom stereocenters. The number of pyridine rings is 1. The van der Waals surface area contributed by atoms with E-state index < -0.39 is 35.1 Å². The predicted molar refractivity (Wildman–Crippen MR) is 149 cm³/mol. The summed E-state index contributed by atoms with van der Waals surface area (Å²) in [6.07, 6.45) is 8.09. The van der Waals surface area contributed by atoms with Gasteiger partial charge in [0.25, 0.3) is 17.4 Å². The number of nitrogens with one attached hydrogen (secondary N) is 4. The molecule has 2 heterocycles. The molecule has 6 rings (SSSR count). The van der Waals surface area contributed by atoms with E-state index in [1.54, 1.807) is 0 Å². The van der Waals surface area contributed by atoms with Gasteiger partial charge in [-0.05, 0) is 74.3 Å². The Balaban J connectivity index is 1.24. The fourth-order valence-corrected chi connectivity index (χ4v) is 7.00. The zero-order chi connectivity index (χ0) is 30.0.